The summed E-state index contributed by atoms with van der Waals surface area (Å²) in [5.41, 5.74) is 6.14. The van der Waals surface area contributed by atoms with Gasteiger partial charge in [-0.2, -0.15) is 5.10 Å². The van der Waals surface area contributed by atoms with E-state index in [0.717, 1.165) is 19.8 Å². The summed E-state index contributed by atoms with van der Waals surface area (Å²) in [5.74, 6) is 1.85. The quantitative estimate of drug-likeness (QED) is 0.880. The Kier molecular flexibility index (Phi) is 4.53. The number of nitrogens with one attached hydrogen (secondary N) is 1. The van der Waals surface area contributed by atoms with Gasteiger partial charge in [0.15, 0.2) is 0 Å². The first-order valence-electron chi connectivity index (χ1n) is 10.6. The van der Waals surface area contributed by atoms with Crippen LogP contribution in [0.15, 0.2) is 5.57 Å². The summed E-state index contributed by atoms with van der Waals surface area (Å²) < 4.78 is 7.69. The Bertz CT molecular complexity index is 701. The summed E-state index contributed by atoms with van der Waals surface area (Å²) in [6.07, 6.45) is 10.2. The predicted molar refractivity (Wildman–Crippen MR) is 104 cm³/mol. The molecule has 5 heteroatoms. The molecule has 1 N–H and O–H groups in total. The van der Waals surface area contributed by atoms with Crippen LogP contribution in [0.2, 0.25) is 0 Å². The molecular formula is C21H32N4O. The van der Waals surface area contributed by atoms with Crippen LogP contribution in [0.3, 0.4) is 0 Å². The molecule has 1 unspecified atom stereocenters. The number of hydrogen-bond donors (Lipinski definition) is 1. The molecule has 0 radical (unpaired) electrons. The van der Waals surface area contributed by atoms with Gasteiger partial charge in [0, 0.05) is 50.9 Å². The molecule has 142 valence electrons. The van der Waals surface area contributed by atoms with E-state index in [2.05, 4.69) is 21.9 Å². The molecule has 1 aromatic rings. The summed E-state index contributed by atoms with van der Waals surface area (Å²) in [6.45, 7) is 5.33. The Morgan fingerprint density at radius 3 is 2.81 bits per heavy atom. The fourth-order valence-corrected chi connectivity index (χ4v) is 5.60. The van der Waals surface area contributed by atoms with Crippen molar-refractivity contribution in [2.45, 2.75) is 63.3 Å². The van der Waals surface area contributed by atoms with Crippen molar-refractivity contribution in [2.24, 2.45) is 7.05 Å². The van der Waals surface area contributed by atoms with Crippen molar-refractivity contribution >= 4 is 11.4 Å². The summed E-state index contributed by atoms with van der Waals surface area (Å²) in [4.78, 5) is 2.74. The second-order valence-corrected chi connectivity index (χ2v) is 8.55. The van der Waals surface area contributed by atoms with Crippen molar-refractivity contribution in [1.29, 1.82) is 0 Å². The normalized spacial score (nSPS) is 27.8. The first kappa shape index (κ1) is 16.8. The minimum absolute atomic E-state index is 0.581. The van der Waals surface area contributed by atoms with Crippen LogP contribution < -0.4 is 5.32 Å². The predicted octanol–water partition coefficient (Wildman–Crippen LogP) is 3.53. The number of anilines is 1. The molecule has 5 nitrogen and oxygen atoms in total. The first-order valence-corrected chi connectivity index (χ1v) is 10.6. The van der Waals surface area contributed by atoms with Crippen molar-refractivity contribution in [3.05, 3.63) is 16.8 Å². The SMILES string of the molecule is Cn1nc(C2CCCN(C3CCOCC3)C2)c2c1NCC1=C2CCCC1. The van der Waals surface area contributed by atoms with E-state index in [4.69, 9.17) is 9.84 Å². The standard InChI is InChI=1S/C21H32N4O/c1-24-21-19(18-7-3-2-5-15(18)13-22-21)20(23-24)16-6-4-10-25(14-16)17-8-11-26-12-9-17/h16-17,22H,2-14H2,1H3. The largest absolute Gasteiger partial charge is 0.381 e. The minimum Gasteiger partial charge on any atom is -0.381 e. The summed E-state index contributed by atoms with van der Waals surface area (Å²) in [5, 5.41) is 8.73. The summed E-state index contributed by atoms with van der Waals surface area (Å²) in [7, 11) is 2.11. The fraction of sp³-hybridized carbons (Fsp3) is 0.762. The zero-order valence-corrected chi connectivity index (χ0v) is 16.1. The third kappa shape index (κ3) is 2.89. The van der Waals surface area contributed by atoms with Gasteiger partial charge in [0.1, 0.15) is 5.82 Å². The highest BCUT2D eigenvalue weighted by Crippen LogP contribution is 2.44. The van der Waals surface area contributed by atoms with Crippen molar-refractivity contribution in [3.63, 3.8) is 0 Å². The average Bonchev–Trinajstić information content (AvgIpc) is 3.06. The third-order valence-corrected chi connectivity index (χ3v) is 6.97. The molecule has 0 amide bonds. The molecule has 0 saturated carbocycles. The van der Waals surface area contributed by atoms with Gasteiger partial charge in [-0.25, -0.2) is 0 Å². The van der Waals surface area contributed by atoms with Crippen LogP contribution in [0.4, 0.5) is 5.82 Å². The number of nitrogens with zero attached hydrogens (tertiary/aromatic N) is 3. The van der Waals surface area contributed by atoms with Crippen molar-refractivity contribution in [1.82, 2.24) is 14.7 Å². The van der Waals surface area contributed by atoms with Gasteiger partial charge >= 0.3 is 0 Å². The number of rotatable bonds is 2. The summed E-state index contributed by atoms with van der Waals surface area (Å²) >= 11 is 0. The van der Waals surface area contributed by atoms with E-state index in [-0.39, 0.29) is 0 Å². The van der Waals surface area contributed by atoms with Gasteiger partial charge in [0.2, 0.25) is 0 Å². The molecule has 3 aliphatic heterocycles. The second-order valence-electron chi connectivity index (χ2n) is 8.55. The molecule has 0 spiro atoms. The highest BCUT2D eigenvalue weighted by molar-refractivity contribution is 5.82. The zero-order valence-electron chi connectivity index (χ0n) is 16.1. The molecule has 1 aliphatic carbocycles. The highest BCUT2D eigenvalue weighted by Gasteiger charge is 2.34. The number of aromatic nitrogens is 2. The van der Waals surface area contributed by atoms with Crippen LogP contribution in [0, 0.1) is 0 Å². The molecule has 0 aromatic carbocycles. The van der Waals surface area contributed by atoms with Crippen LogP contribution in [0.25, 0.3) is 5.57 Å². The van der Waals surface area contributed by atoms with Gasteiger partial charge in [-0.1, -0.05) is 0 Å². The van der Waals surface area contributed by atoms with Gasteiger partial charge in [-0.15, -0.1) is 0 Å². The van der Waals surface area contributed by atoms with E-state index in [1.54, 1.807) is 11.1 Å². The molecule has 2 fully saturated rings. The van der Waals surface area contributed by atoms with Crippen LogP contribution in [-0.4, -0.2) is 53.6 Å². The average molecular weight is 357 g/mol. The Balaban J connectivity index is 1.44. The lowest BCUT2D eigenvalue weighted by atomic mass is 9.81. The first-order chi connectivity index (χ1) is 12.8. The van der Waals surface area contributed by atoms with E-state index in [1.165, 1.54) is 81.5 Å². The van der Waals surface area contributed by atoms with Crippen LogP contribution in [-0.2, 0) is 11.8 Å². The number of ether oxygens (including phenoxy) is 1. The van der Waals surface area contributed by atoms with Crippen molar-refractivity contribution < 1.29 is 4.74 Å². The Morgan fingerprint density at radius 2 is 1.92 bits per heavy atom. The van der Waals surface area contributed by atoms with E-state index < -0.39 is 0 Å². The van der Waals surface area contributed by atoms with Crippen LogP contribution in [0.1, 0.15) is 68.5 Å². The van der Waals surface area contributed by atoms with Gasteiger partial charge in [-0.3, -0.25) is 9.58 Å². The lowest BCUT2D eigenvalue weighted by Gasteiger charge is -2.40. The van der Waals surface area contributed by atoms with E-state index in [0.29, 0.717) is 12.0 Å². The van der Waals surface area contributed by atoms with Gasteiger partial charge in [-0.05, 0) is 69.1 Å². The topological polar surface area (TPSA) is 42.3 Å². The van der Waals surface area contributed by atoms with Gasteiger partial charge in [0.05, 0.1) is 5.69 Å². The van der Waals surface area contributed by atoms with Gasteiger partial charge in [0.25, 0.3) is 0 Å². The van der Waals surface area contributed by atoms with Crippen molar-refractivity contribution in [2.75, 3.05) is 38.2 Å². The lowest BCUT2D eigenvalue weighted by Crippen LogP contribution is -2.44. The molecule has 4 heterocycles. The second kappa shape index (κ2) is 7.01. The van der Waals surface area contributed by atoms with Crippen LogP contribution >= 0.6 is 0 Å². The maximum absolute atomic E-state index is 5.58. The number of aryl methyl sites for hydroxylation is 1. The molecule has 5 rings (SSSR count). The number of allylic oxidation sites excluding steroid dienone is 1. The maximum atomic E-state index is 5.58. The molecule has 2 saturated heterocycles. The Morgan fingerprint density at radius 1 is 1.08 bits per heavy atom. The zero-order chi connectivity index (χ0) is 17.5. The molecule has 1 aromatic heterocycles. The van der Waals surface area contributed by atoms with Crippen LogP contribution in [0.5, 0.6) is 0 Å². The smallest absolute Gasteiger partial charge is 0.132 e. The molecule has 26 heavy (non-hydrogen) atoms. The number of piperidine rings is 1. The van der Waals surface area contributed by atoms with E-state index in [1.807, 2.05) is 0 Å². The highest BCUT2D eigenvalue weighted by atomic mass is 16.5. The van der Waals surface area contributed by atoms with Crippen molar-refractivity contribution in [3.8, 4) is 0 Å². The number of likely N-dealkylation sites (tertiary alicyclic amines) is 1. The molecular weight excluding hydrogens is 324 g/mol. The number of fused-ring (bicyclic) bond motifs is 2. The van der Waals surface area contributed by atoms with Gasteiger partial charge < -0.3 is 10.1 Å². The Labute approximate surface area is 156 Å². The monoisotopic (exact) mass is 356 g/mol. The summed E-state index contributed by atoms with van der Waals surface area (Å²) in [6, 6.07) is 0.716. The Hall–Kier alpha value is -1.33. The number of hydrogen-bond acceptors (Lipinski definition) is 4. The lowest BCUT2D eigenvalue weighted by molar-refractivity contribution is 0.0237. The maximum Gasteiger partial charge on any atom is 0.132 e. The molecule has 4 aliphatic rings. The minimum atomic E-state index is 0.581. The fourth-order valence-electron chi connectivity index (χ4n) is 5.60. The van der Waals surface area contributed by atoms with E-state index >= 15 is 0 Å². The van der Waals surface area contributed by atoms with E-state index in [9.17, 15) is 0 Å². The molecule has 0 bridgehead atoms. The molecule has 1 atom stereocenters. The third-order valence-electron chi connectivity index (χ3n) is 6.97.